The number of cyclic esters (lactones) is 1. The maximum Gasteiger partial charge on any atom is 0.338 e. The van der Waals surface area contributed by atoms with Crippen LogP contribution in [0.15, 0.2) is 21.7 Å². The minimum Gasteiger partial charge on any atom is -0.457 e. The number of anilines is 1. The molecule has 0 aliphatic carbocycles. The normalized spacial score (nSPS) is 21.4. The molecule has 0 N–H and O–H groups in total. The third-order valence-electron chi connectivity index (χ3n) is 8.44. The van der Waals surface area contributed by atoms with Crippen molar-refractivity contribution >= 4 is 11.7 Å². The van der Waals surface area contributed by atoms with Crippen molar-refractivity contribution in [3.63, 3.8) is 0 Å². The maximum atomic E-state index is 11.9. The highest BCUT2D eigenvalue weighted by molar-refractivity contribution is 5.93. The molecule has 0 amide bonds. The number of likely N-dealkylation sites (tertiary alicyclic amines) is 1. The summed E-state index contributed by atoms with van der Waals surface area (Å²) in [6.07, 6.45) is 4.40. The highest BCUT2D eigenvalue weighted by Gasteiger charge is 2.39. The SMILES string of the molecule is CO[C@@H](CN1CCC2(CC1)CCN(c1c(C)c(=O)c1=O)CC2)c1ccc2c(c1C)COC2=O. The van der Waals surface area contributed by atoms with E-state index in [2.05, 4.69) is 16.7 Å². The minimum absolute atomic E-state index is 0.0426. The zero-order chi connectivity index (χ0) is 23.3. The summed E-state index contributed by atoms with van der Waals surface area (Å²) in [6.45, 7) is 8.79. The van der Waals surface area contributed by atoms with Crippen molar-refractivity contribution in [1.82, 2.24) is 4.90 Å². The number of carbonyl (C=O) groups excluding carboxylic acids is 1. The van der Waals surface area contributed by atoms with Crippen molar-refractivity contribution in [2.24, 2.45) is 5.41 Å². The van der Waals surface area contributed by atoms with Crippen LogP contribution in [-0.4, -0.2) is 50.7 Å². The molecule has 0 unspecified atom stereocenters. The molecule has 0 aromatic heterocycles. The van der Waals surface area contributed by atoms with E-state index in [1.807, 2.05) is 12.1 Å². The van der Waals surface area contributed by atoms with E-state index in [0.29, 0.717) is 28.8 Å². The van der Waals surface area contributed by atoms with Crippen LogP contribution in [0, 0.1) is 19.3 Å². The molecule has 2 fully saturated rings. The average molecular weight is 453 g/mol. The summed E-state index contributed by atoms with van der Waals surface area (Å²) in [5.74, 6) is -0.235. The van der Waals surface area contributed by atoms with Gasteiger partial charge in [-0.25, -0.2) is 4.79 Å². The van der Waals surface area contributed by atoms with Crippen molar-refractivity contribution in [3.05, 3.63) is 60.4 Å². The molecule has 0 saturated carbocycles. The van der Waals surface area contributed by atoms with Gasteiger partial charge in [-0.05, 0) is 75.2 Å². The van der Waals surface area contributed by atoms with Crippen LogP contribution >= 0.6 is 0 Å². The Morgan fingerprint density at radius 1 is 0.970 bits per heavy atom. The van der Waals surface area contributed by atoms with Crippen LogP contribution in [-0.2, 0) is 16.1 Å². The van der Waals surface area contributed by atoms with Crippen LogP contribution in [0.5, 0.6) is 0 Å². The summed E-state index contributed by atoms with van der Waals surface area (Å²) >= 11 is 0. The van der Waals surface area contributed by atoms with Crippen LogP contribution in [0.4, 0.5) is 5.69 Å². The van der Waals surface area contributed by atoms with Crippen molar-refractivity contribution < 1.29 is 14.3 Å². The van der Waals surface area contributed by atoms with E-state index in [9.17, 15) is 14.4 Å². The average Bonchev–Trinajstić information content (AvgIpc) is 3.22. The fourth-order valence-corrected chi connectivity index (χ4v) is 6.04. The predicted molar refractivity (Wildman–Crippen MR) is 126 cm³/mol. The van der Waals surface area contributed by atoms with Gasteiger partial charge in [0.1, 0.15) is 6.61 Å². The van der Waals surface area contributed by atoms with E-state index < -0.39 is 0 Å². The molecule has 33 heavy (non-hydrogen) atoms. The van der Waals surface area contributed by atoms with Gasteiger partial charge in [0.25, 0.3) is 0 Å². The van der Waals surface area contributed by atoms with Gasteiger partial charge < -0.3 is 19.3 Å². The van der Waals surface area contributed by atoms with Crippen LogP contribution in [0.3, 0.4) is 0 Å². The second kappa shape index (κ2) is 8.37. The molecule has 1 atom stereocenters. The van der Waals surface area contributed by atoms with E-state index in [-0.39, 0.29) is 22.9 Å². The fourth-order valence-electron chi connectivity index (χ4n) is 6.04. The molecule has 5 rings (SSSR count). The summed E-state index contributed by atoms with van der Waals surface area (Å²) in [5.41, 5.74) is 4.90. The zero-order valence-corrected chi connectivity index (χ0v) is 19.7. The second-order valence-electron chi connectivity index (χ2n) is 10.0. The maximum absolute atomic E-state index is 11.9. The van der Waals surface area contributed by atoms with E-state index in [0.717, 1.165) is 75.1 Å². The number of benzene rings is 1. The number of ether oxygens (including phenoxy) is 2. The smallest absolute Gasteiger partial charge is 0.338 e. The number of fused-ring (bicyclic) bond motifs is 1. The van der Waals surface area contributed by atoms with Gasteiger partial charge in [-0.15, -0.1) is 0 Å². The van der Waals surface area contributed by atoms with E-state index in [1.165, 1.54) is 0 Å². The molecule has 7 heteroatoms. The molecule has 2 aromatic rings. The second-order valence-corrected chi connectivity index (χ2v) is 10.0. The molecular formula is C26H32N2O5. The number of hydrogen-bond acceptors (Lipinski definition) is 7. The molecule has 1 spiro atoms. The van der Waals surface area contributed by atoms with Crippen molar-refractivity contribution in [2.75, 3.05) is 44.7 Å². The quantitative estimate of drug-likeness (QED) is 0.510. The number of nitrogens with zero attached hydrogens (tertiary/aromatic N) is 2. The third-order valence-corrected chi connectivity index (χ3v) is 8.44. The standard InChI is InChI=1S/C26H32N2O5/c1-16-18(4-5-19-20(16)15-33-25(19)31)21(32-3)14-27-10-6-26(7-11-27)8-12-28(13-9-26)22-17(2)23(29)24(22)30/h4-5,21H,6-15H2,1-3H3/t21-/m0/s1. The lowest BCUT2D eigenvalue weighted by Crippen LogP contribution is -2.51. The summed E-state index contributed by atoms with van der Waals surface area (Å²) in [6, 6.07) is 3.88. The van der Waals surface area contributed by atoms with Crippen molar-refractivity contribution in [2.45, 2.75) is 52.2 Å². The van der Waals surface area contributed by atoms with Gasteiger partial charge in [-0.2, -0.15) is 0 Å². The van der Waals surface area contributed by atoms with Crippen LogP contribution < -0.4 is 15.8 Å². The number of hydrogen-bond donors (Lipinski definition) is 0. The molecule has 2 aromatic carbocycles. The Kier molecular flexibility index (Phi) is 5.65. The summed E-state index contributed by atoms with van der Waals surface area (Å²) in [5, 5.41) is 0. The lowest BCUT2D eigenvalue weighted by atomic mass is 9.71. The molecule has 2 saturated heterocycles. The van der Waals surface area contributed by atoms with Gasteiger partial charge in [0, 0.05) is 37.9 Å². The lowest BCUT2D eigenvalue weighted by Gasteiger charge is -2.48. The molecule has 3 aliphatic rings. The minimum atomic E-state index is -0.316. The Bertz CT molecular complexity index is 1140. The first-order valence-corrected chi connectivity index (χ1v) is 11.9. The van der Waals surface area contributed by atoms with Crippen molar-refractivity contribution in [3.8, 4) is 0 Å². The zero-order valence-electron chi connectivity index (χ0n) is 19.7. The van der Waals surface area contributed by atoms with Crippen LogP contribution in [0.2, 0.25) is 0 Å². The van der Waals surface area contributed by atoms with Crippen LogP contribution in [0.25, 0.3) is 0 Å². The largest absolute Gasteiger partial charge is 0.457 e. The van der Waals surface area contributed by atoms with Gasteiger partial charge in [0.2, 0.25) is 10.9 Å². The van der Waals surface area contributed by atoms with E-state index in [4.69, 9.17) is 9.47 Å². The molecule has 0 bridgehead atoms. The third kappa shape index (κ3) is 3.71. The molecule has 3 aliphatic heterocycles. The highest BCUT2D eigenvalue weighted by atomic mass is 16.5. The summed E-state index contributed by atoms with van der Waals surface area (Å²) in [4.78, 5) is 40.0. The molecular weight excluding hydrogens is 420 g/mol. The number of esters is 1. The number of rotatable bonds is 5. The predicted octanol–water partition coefficient (Wildman–Crippen LogP) is 2.64. The number of carbonyl (C=O) groups is 1. The Labute approximate surface area is 194 Å². The lowest BCUT2D eigenvalue weighted by molar-refractivity contribution is 0.0249. The monoisotopic (exact) mass is 452 g/mol. The summed E-state index contributed by atoms with van der Waals surface area (Å²) < 4.78 is 11.1. The topological polar surface area (TPSA) is 76.2 Å². The Balaban J connectivity index is 1.19. The summed E-state index contributed by atoms with van der Waals surface area (Å²) in [7, 11) is 1.75. The first kappa shape index (κ1) is 22.3. The van der Waals surface area contributed by atoms with Gasteiger partial charge in [-0.1, -0.05) is 6.07 Å². The van der Waals surface area contributed by atoms with Crippen molar-refractivity contribution in [1.29, 1.82) is 0 Å². The number of piperidine rings is 2. The van der Waals surface area contributed by atoms with E-state index in [1.54, 1.807) is 14.0 Å². The molecule has 3 heterocycles. The first-order valence-electron chi connectivity index (χ1n) is 11.9. The van der Waals surface area contributed by atoms with Gasteiger partial charge in [0.05, 0.1) is 17.4 Å². The van der Waals surface area contributed by atoms with Gasteiger partial charge in [0.15, 0.2) is 0 Å². The first-order chi connectivity index (χ1) is 15.8. The van der Waals surface area contributed by atoms with Gasteiger partial charge >= 0.3 is 5.97 Å². The van der Waals surface area contributed by atoms with Crippen LogP contribution in [0.1, 0.15) is 64.4 Å². The fraction of sp³-hybridized carbons (Fsp3) is 0.577. The highest BCUT2D eigenvalue weighted by Crippen LogP contribution is 2.42. The van der Waals surface area contributed by atoms with Gasteiger partial charge in [-0.3, -0.25) is 9.59 Å². The molecule has 0 radical (unpaired) electrons. The number of methoxy groups -OCH3 is 1. The Hall–Kier alpha value is -2.51. The van der Waals surface area contributed by atoms with E-state index >= 15 is 0 Å². The Morgan fingerprint density at radius 2 is 1.64 bits per heavy atom. The Morgan fingerprint density at radius 3 is 2.27 bits per heavy atom. The molecule has 7 nitrogen and oxygen atoms in total. The molecule has 176 valence electrons.